The average Bonchev–Trinajstić information content (AvgIpc) is 3.26. The fourth-order valence-electron chi connectivity index (χ4n) is 3.35. The van der Waals surface area contributed by atoms with Crippen LogP contribution in [0.1, 0.15) is 12.8 Å². The first-order valence-electron chi connectivity index (χ1n) is 9.61. The Hall–Kier alpha value is -3.47. The standard InChI is InChI=1S/C23H24N4O/c28-23(25-18-6-2-1-3-7-18)26-21-10-8-19(9-11-21)24-20-12-14-22(15-13-20)27-16-4-5-17-27/h1-3,6-15,24H,4-5,16-17H2,(H2,25,26,28). The summed E-state index contributed by atoms with van der Waals surface area (Å²) >= 11 is 0. The van der Waals surface area contributed by atoms with Crippen molar-refractivity contribution in [2.45, 2.75) is 12.8 Å². The number of urea groups is 1. The lowest BCUT2D eigenvalue weighted by Crippen LogP contribution is -2.19. The SMILES string of the molecule is O=C(Nc1ccccc1)Nc1ccc(Nc2ccc(N3CCCC3)cc2)cc1. The van der Waals surface area contributed by atoms with E-state index in [1.165, 1.54) is 18.5 Å². The fraction of sp³-hybridized carbons (Fsp3) is 0.174. The largest absolute Gasteiger partial charge is 0.372 e. The number of amides is 2. The summed E-state index contributed by atoms with van der Waals surface area (Å²) in [6, 6.07) is 25.3. The van der Waals surface area contributed by atoms with Crippen LogP contribution in [0.5, 0.6) is 0 Å². The highest BCUT2D eigenvalue weighted by Crippen LogP contribution is 2.24. The van der Waals surface area contributed by atoms with E-state index in [1.54, 1.807) is 0 Å². The average molecular weight is 372 g/mol. The van der Waals surface area contributed by atoms with Crippen molar-refractivity contribution in [3.63, 3.8) is 0 Å². The highest BCUT2D eigenvalue weighted by molar-refractivity contribution is 5.99. The van der Waals surface area contributed by atoms with Crippen molar-refractivity contribution < 1.29 is 4.79 Å². The van der Waals surface area contributed by atoms with E-state index >= 15 is 0 Å². The maximum absolute atomic E-state index is 12.1. The quantitative estimate of drug-likeness (QED) is 0.540. The van der Waals surface area contributed by atoms with E-state index in [1.807, 2.05) is 54.6 Å². The van der Waals surface area contributed by atoms with Crippen molar-refractivity contribution in [2.75, 3.05) is 33.9 Å². The van der Waals surface area contributed by atoms with Crippen molar-refractivity contribution in [3.8, 4) is 0 Å². The molecule has 4 rings (SSSR count). The zero-order valence-corrected chi connectivity index (χ0v) is 15.7. The number of carbonyl (C=O) groups excluding carboxylic acids is 1. The lowest BCUT2D eigenvalue weighted by Gasteiger charge is -2.18. The molecule has 2 amide bonds. The van der Waals surface area contributed by atoms with Crippen molar-refractivity contribution in [1.82, 2.24) is 0 Å². The Balaban J connectivity index is 1.32. The first-order chi connectivity index (χ1) is 13.8. The molecule has 1 fully saturated rings. The molecular formula is C23H24N4O. The van der Waals surface area contributed by atoms with Gasteiger partial charge in [-0.1, -0.05) is 18.2 Å². The number of hydrogen-bond donors (Lipinski definition) is 3. The van der Waals surface area contributed by atoms with E-state index < -0.39 is 0 Å². The molecule has 1 saturated heterocycles. The summed E-state index contributed by atoms with van der Waals surface area (Å²) in [6.45, 7) is 2.30. The van der Waals surface area contributed by atoms with E-state index in [-0.39, 0.29) is 6.03 Å². The molecule has 0 aromatic heterocycles. The molecule has 5 nitrogen and oxygen atoms in total. The second-order valence-corrected chi connectivity index (χ2v) is 6.89. The van der Waals surface area contributed by atoms with Gasteiger partial charge < -0.3 is 20.9 Å². The van der Waals surface area contributed by atoms with Gasteiger partial charge in [0.25, 0.3) is 0 Å². The maximum Gasteiger partial charge on any atom is 0.323 e. The van der Waals surface area contributed by atoms with Crippen LogP contribution in [0.3, 0.4) is 0 Å². The minimum Gasteiger partial charge on any atom is -0.372 e. The predicted molar refractivity (Wildman–Crippen MR) is 117 cm³/mol. The Bertz CT molecular complexity index is 902. The van der Waals surface area contributed by atoms with Crippen LogP contribution in [-0.2, 0) is 0 Å². The van der Waals surface area contributed by atoms with E-state index in [9.17, 15) is 4.79 Å². The van der Waals surface area contributed by atoms with E-state index in [0.29, 0.717) is 0 Å². The zero-order chi connectivity index (χ0) is 19.2. The minimum absolute atomic E-state index is 0.260. The molecule has 3 aromatic carbocycles. The van der Waals surface area contributed by atoms with Crippen LogP contribution in [0, 0.1) is 0 Å². The fourth-order valence-corrected chi connectivity index (χ4v) is 3.35. The van der Waals surface area contributed by atoms with Crippen LogP contribution < -0.4 is 20.9 Å². The second-order valence-electron chi connectivity index (χ2n) is 6.89. The van der Waals surface area contributed by atoms with Crippen LogP contribution in [0.25, 0.3) is 0 Å². The van der Waals surface area contributed by atoms with Gasteiger partial charge in [-0.3, -0.25) is 0 Å². The van der Waals surface area contributed by atoms with Gasteiger partial charge in [-0.25, -0.2) is 4.79 Å². The molecule has 1 heterocycles. The van der Waals surface area contributed by atoms with Crippen LogP contribution in [0.15, 0.2) is 78.9 Å². The van der Waals surface area contributed by atoms with Gasteiger partial charge >= 0.3 is 6.03 Å². The predicted octanol–water partition coefficient (Wildman–Crippen LogP) is 5.67. The molecule has 1 aliphatic heterocycles. The summed E-state index contributed by atoms with van der Waals surface area (Å²) in [5, 5.41) is 9.04. The Labute approximate surface area is 165 Å². The molecule has 28 heavy (non-hydrogen) atoms. The number of hydrogen-bond acceptors (Lipinski definition) is 3. The van der Waals surface area contributed by atoms with E-state index in [2.05, 4.69) is 45.1 Å². The second kappa shape index (κ2) is 8.48. The van der Waals surface area contributed by atoms with Crippen LogP contribution >= 0.6 is 0 Å². The van der Waals surface area contributed by atoms with E-state index in [0.717, 1.165) is 35.8 Å². The smallest absolute Gasteiger partial charge is 0.323 e. The lowest BCUT2D eigenvalue weighted by molar-refractivity contribution is 0.262. The summed E-state index contributed by atoms with van der Waals surface area (Å²) in [4.78, 5) is 14.5. The molecular weight excluding hydrogens is 348 g/mol. The van der Waals surface area contributed by atoms with Gasteiger partial charge in [-0.15, -0.1) is 0 Å². The van der Waals surface area contributed by atoms with Crippen molar-refractivity contribution in [1.29, 1.82) is 0 Å². The molecule has 142 valence electrons. The number of para-hydroxylation sites is 1. The van der Waals surface area contributed by atoms with Gasteiger partial charge in [0.1, 0.15) is 0 Å². The molecule has 0 saturated carbocycles. The molecule has 0 bridgehead atoms. The van der Waals surface area contributed by atoms with Gasteiger partial charge in [0.05, 0.1) is 0 Å². The molecule has 0 aliphatic carbocycles. The summed E-state index contributed by atoms with van der Waals surface area (Å²) in [7, 11) is 0. The first kappa shape index (κ1) is 17.9. The molecule has 0 unspecified atom stereocenters. The molecule has 0 spiro atoms. The van der Waals surface area contributed by atoms with Crippen LogP contribution in [-0.4, -0.2) is 19.1 Å². The molecule has 3 aromatic rings. The van der Waals surface area contributed by atoms with Gasteiger partial charge in [-0.2, -0.15) is 0 Å². The first-order valence-corrected chi connectivity index (χ1v) is 9.61. The normalized spacial score (nSPS) is 13.2. The highest BCUT2D eigenvalue weighted by atomic mass is 16.2. The summed E-state index contributed by atoms with van der Waals surface area (Å²) < 4.78 is 0. The van der Waals surface area contributed by atoms with Crippen molar-refractivity contribution in [2.24, 2.45) is 0 Å². The van der Waals surface area contributed by atoms with Gasteiger partial charge in [0.2, 0.25) is 0 Å². The summed E-state index contributed by atoms with van der Waals surface area (Å²) in [6.07, 6.45) is 2.56. The third-order valence-corrected chi connectivity index (χ3v) is 4.80. The number of carbonyl (C=O) groups is 1. The molecule has 5 heteroatoms. The molecule has 1 aliphatic rings. The Morgan fingerprint density at radius 3 is 1.75 bits per heavy atom. The summed E-state index contributed by atoms with van der Waals surface area (Å²) in [5.74, 6) is 0. The van der Waals surface area contributed by atoms with Crippen molar-refractivity contribution in [3.05, 3.63) is 78.9 Å². The third kappa shape index (κ3) is 4.62. The number of nitrogens with zero attached hydrogens (tertiary/aromatic N) is 1. The van der Waals surface area contributed by atoms with Gasteiger partial charge in [0, 0.05) is 41.5 Å². The number of rotatable bonds is 5. The Kier molecular flexibility index (Phi) is 5.43. The van der Waals surface area contributed by atoms with E-state index in [4.69, 9.17) is 0 Å². The zero-order valence-electron chi connectivity index (χ0n) is 15.7. The topological polar surface area (TPSA) is 56.4 Å². The van der Waals surface area contributed by atoms with Gasteiger partial charge in [-0.05, 0) is 73.5 Å². The number of benzene rings is 3. The van der Waals surface area contributed by atoms with Gasteiger partial charge in [0.15, 0.2) is 0 Å². The Morgan fingerprint density at radius 1 is 0.643 bits per heavy atom. The Morgan fingerprint density at radius 2 is 1.14 bits per heavy atom. The van der Waals surface area contributed by atoms with Crippen LogP contribution in [0.2, 0.25) is 0 Å². The third-order valence-electron chi connectivity index (χ3n) is 4.80. The van der Waals surface area contributed by atoms with Crippen molar-refractivity contribution >= 4 is 34.5 Å². The molecule has 0 radical (unpaired) electrons. The minimum atomic E-state index is -0.260. The molecule has 3 N–H and O–H groups in total. The lowest BCUT2D eigenvalue weighted by atomic mass is 10.2. The monoisotopic (exact) mass is 372 g/mol. The highest BCUT2D eigenvalue weighted by Gasteiger charge is 2.11. The summed E-state index contributed by atoms with van der Waals surface area (Å²) in [5.41, 5.74) is 4.81. The maximum atomic E-state index is 12.1. The molecule has 0 atom stereocenters. The van der Waals surface area contributed by atoms with Crippen LogP contribution in [0.4, 0.5) is 33.2 Å². The number of anilines is 5. The number of nitrogens with one attached hydrogen (secondary N) is 3.